The molecule has 2 rings (SSSR count). The Hall–Kier alpha value is -1.87. The minimum absolute atomic E-state index is 0.174. The van der Waals surface area contributed by atoms with Gasteiger partial charge in [0.15, 0.2) is 11.6 Å². The summed E-state index contributed by atoms with van der Waals surface area (Å²) in [4.78, 5) is 0. The molecule has 0 spiro atoms. The van der Waals surface area contributed by atoms with Crippen LogP contribution in [-0.2, 0) is 13.0 Å². The average molecular weight is 246 g/mol. The number of benzene rings is 2. The van der Waals surface area contributed by atoms with E-state index in [1.165, 1.54) is 12.1 Å². The Labute approximate surface area is 106 Å². The molecule has 94 valence electrons. The molecule has 2 aromatic rings. The number of aliphatic hydroxyl groups excluding tert-OH is 1. The molecule has 0 fully saturated rings. The fourth-order valence-electron chi connectivity index (χ4n) is 1.74. The molecule has 0 amide bonds. The van der Waals surface area contributed by atoms with Crippen LogP contribution in [0.3, 0.4) is 0 Å². The number of halogens is 1. The van der Waals surface area contributed by atoms with Crippen LogP contribution in [0.5, 0.6) is 11.5 Å². The maximum Gasteiger partial charge on any atom is 0.166 e. The molecule has 0 aliphatic carbocycles. The second-order valence-electron chi connectivity index (χ2n) is 3.99. The maximum absolute atomic E-state index is 13.7. The van der Waals surface area contributed by atoms with E-state index >= 15 is 0 Å². The summed E-state index contributed by atoms with van der Waals surface area (Å²) in [7, 11) is 0. The Kier molecular flexibility index (Phi) is 3.95. The minimum atomic E-state index is -0.465. The van der Waals surface area contributed by atoms with Gasteiger partial charge in [-0.15, -0.1) is 0 Å². The lowest BCUT2D eigenvalue weighted by molar-refractivity contribution is 0.281. The lowest BCUT2D eigenvalue weighted by atomic mass is 10.1. The van der Waals surface area contributed by atoms with Gasteiger partial charge < -0.3 is 9.84 Å². The summed E-state index contributed by atoms with van der Waals surface area (Å²) in [5.74, 6) is 0.371. The van der Waals surface area contributed by atoms with Gasteiger partial charge in [0.05, 0.1) is 6.61 Å². The molecule has 0 aromatic heterocycles. The van der Waals surface area contributed by atoms with Crippen molar-refractivity contribution in [3.8, 4) is 11.5 Å². The molecule has 0 saturated carbocycles. The van der Waals surface area contributed by atoms with Gasteiger partial charge in [-0.2, -0.15) is 0 Å². The molecule has 0 radical (unpaired) electrons. The quantitative estimate of drug-likeness (QED) is 0.891. The first-order chi connectivity index (χ1) is 8.74. The van der Waals surface area contributed by atoms with Gasteiger partial charge in [-0.3, -0.25) is 0 Å². The second-order valence-corrected chi connectivity index (χ2v) is 3.99. The molecular weight excluding hydrogens is 231 g/mol. The lowest BCUT2D eigenvalue weighted by Crippen LogP contribution is -1.94. The van der Waals surface area contributed by atoms with E-state index in [2.05, 4.69) is 0 Å². The van der Waals surface area contributed by atoms with Gasteiger partial charge in [0.25, 0.3) is 0 Å². The zero-order chi connectivity index (χ0) is 13.0. The third kappa shape index (κ3) is 2.68. The number of rotatable bonds is 4. The normalized spacial score (nSPS) is 10.4. The van der Waals surface area contributed by atoms with Crippen molar-refractivity contribution in [1.29, 1.82) is 0 Å². The summed E-state index contributed by atoms with van der Waals surface area (Å²) >= 11 is 0. The summed E-state index contributed by atoms with van der Waals surface area (Å²) in [6.07, 6.45) is 0.826. The number of aryl methyl sites for hydroxylation is 1. The van der Waals surface area contributed by atoms with Gasteiger partial charge in [-0.1, -0.05) is 31.2 Å². The number of aliphatic hydroxyl groups is 1. The highest BCUT2D eigenvalue weighted by atomic mass is 19.1. The molecule has 0 bridgehead atoms. The van der Waals surface area contributed by atoms with E-state index in [-0.39, 0.29) is 12.4 Å². The molecule has 2 nitrogen and oxygen atoms in total. The van der Waals surface area contributed by atoms with Gasteiger partial charge >= 0.3 is 0 Å². The third-order valence-corrected chi connectivity index (χ3v) is 2.75. The van der Waals surface area contributed by atoms with Crippen molar-refractivity contribution in [2.45, 2.75) is 20.0 Å². The number of ether oxygens (including phenoxy) is 1. The maximum atomic E-state index is 13.7. The summed E-state index contributed by atoms with van der Waals surface area (Å²) in [6, 6.07) is 12.0. The smallest absolute Gasteiger partial charge is 0.166 e. The SMILES string of the molecule is CCc1ccccc1Oc1ccc(CO)cc1F. The van der Waals surface area contributed by atoms with Gasteiger partial charge in [0, 0.05) is 0 Å². The molecule has 3 heteroatoms. The third-order valence-electron chi connectivity index (χ3n) is 2.75. The van der Waals surface area contributed by atoms with Crippen LogP contribution >= 0.6 is 0 Å². The topological polar surface area (TPSA) is 29.5 Å². The minimum Gasteiger partial charge on any atom is -0.454 e. The summed E-state index contributed by atoms with van der Waals surface area (Å²) in [5, 5.41) is 8.92. The first kappa shape index (κ1) is 12.6. The van der Waals surface area contributed by atoms with Gasteiger partial charge in [-0.25, -0.2) is 4.39 Å². The van der Waals surface area contributed by atoms with E-state index in [1.54, 1.807) is 6.07 Å². The Morgan fingerprint density at radius 1 is 1.11 bits per heavy atom. The van der Waals surface area contributed by atoms with E-state index in [0.717, 1.165) is 12.0 Å². The van der Waals surface area contributed by atoms with Crippen molar-refractivity contribution >= 4 is 0 Å². The van der Waals surface area contributed by atoms with Crippen molar-refractivity contribution in [2.75, 3.05) is 0 Å². The van der Waals surface area contributed by atoms with Crippen LogP contribution in [-0.4, -0.2) is 5.11 Å². The zero-order valence-electron chi connectivity index (χ0n) is 10.2. The van der Waals surface area contributed by atoms with Crippen molar-refractivity contribution < 1.29 is 14.2 Å². The Bertz CT molecular complexity index is 538. The van der Waals surface area contributed by atoms with Crippen molar-refractivity contribution in [3.05, 3.63) is 59.4 Å². The first-order valence-corrected chi connectivity index (χ1v) is 5.89. The first-order valence-electron chi connectivity index (χ1n) is 5.89. The molecule has 18 heavy (non-hydrogen) atoms. The standard InChI is InChI=1S/C15H15FO2/c1-2-12-5-3-4-6-14(12)18-15-8-7-11(10-17)9-13(15)16/h3-9,17H,2,10H2,1H3. The molecule has 0 heterocycles. The Morgan fingerprint density at radius 3 is 2.56 bits per heavy atom. The van der Waals surface area contributed by atoms with Crippen LogP contribution in [0, 0.1) is 5.82 Å². The van der Waals surface area contributed by atoms with E-state index < -0.39 is 5.82 Å². The molecule has 0 saturated heterocycles. The van der Waals surface area contributed by atoms with E-state index in [9.17, 15) is 4.39 Å². The van der Waals surface area contributed by atoms with Crippen LogP contribution in [0.25, 0.3) is 0 Å². The lowest BCUT2D eigenvalue weighted by Gasteiger charge is -2.11. The predicted molar refractivity (Wildman–Crippen MR) is 68.2 cm³/mol. The monoisotopic (exact) mass is 246 g/mol. The fourth-order valence-corrected chi connectivity index (χ4v) is 1.74. The number of hydrogen-bond acceptors (Lipinski definition) is 2. The summed E-state index contributed by atoms with van der Waals surface area (Å²) in [5.41, 5.74) is 1.56. The van der Waals surface area contributed by atoms with Crippen LogP contribution < -0.4 is 4.74 Å². The molecule has 0 atom stereocenters. The van der Waals surface area contributed by atoms with Crippen LogP contribution in [0.1, 0.15) is 18.1 Å². The van der Waals surface area contributed by atoms with Gasteiger partial charge in [0.1, 0.15) is 5.75 Å². The molecule has 2 aromatic carbocycles. The van der Waals surface area contributed by atoms with Crippen molar-refractivity contribution in [2.24, 2.45) is 0 Å². The highest BCUT2D eigenvalue weighted by molar-refractivity contribution is 5.39. The highest BCUT2D eigenvalue weighted by Crippen LogP contribution is 2.28. The van der Waals surface area contributed by atoms with Crippen LogP contribution in [0.2, 0.25) is 0 Å². The predicted octanol–water partition coefficient (Wildman–Crippen LogP) is 3.67. The average Bonchev–Trinajstić information content (AvgIpc) is 2.41. The van der Waals surface area contributed by atoms with E-state index in [0.29, 0.717) is 11.3 Å². The summed E-state index contributed by atoms with van der Waals surface area (Å²) in [6.45, 7) is 1.84. The highest BCUT2D eigenvalue weighted by Gasteiger charge is 2.08. The molecule has 0 unspecified atom stereocenters. The Morgan fingerprint density at radius 2 is 1.89 bits per heavy atom. The van der Waals surface area contributed by atoms with Crippen LogP contribution in [0.4, 0.5) is 4.39 Å². The summed E-state index contributed by atoms with van der Waals surface area (Å²) < 4.78 is 19.3. The zero-order valence-corrected chi connectivity index (χ0v) is 10.2. The number of hydrogen-bond donors (Lipinski definition) is 1. The fraction of sp³-hybridized carbons (Fsp3) is 0.200. The molecule has 1 N–H and O–H groups in total. The Balaban J connectivity index is 2.28. The molecule has 0 aliphatic heterocycles. The van der Waals surface area contributed by atoms with Gasteiger partial charge in [0.2, 0.25) is 0 Å². The van der Waals surface area contributed by atoms with Crippen LogP contribution in [0.15, 0.2) is 42.5 Å². The number of para-hydroxylation sites is 1. The largest absolute Gasteiger partial charge is 0.454 e. The molecular formula is C15H15FO2. The molecule has 0 aliphatic rings. The van der Waals surface area contributed by atoms with Gasteiger partial charge in [-0.05, 0) is 35.7 Å². The van der Waals surface area contributed by atoms with Crippen molar-refractivity contribution in [1.82, 2.24) is 0 Å². The van der Waals surface area contributed by atoms with Crippen molar-refractivity contribution in [3.63, 3.8) is 0 Å². The van der Waals surface area contributed by atoms with E-state index in [1.807, 2.05) is 31.2 Å². The van der Waals surface area contributed by atoms with E-state index in [4.69, 9.17) is 9.84 Å². The second kappa shape index (κ2) is 5.65.